The molecular formula is C14H21N3O4. The van der Waals surface area contributed by atoms with Gasteiger partial charge in [0.1, 0.15) is 12.2 Å². The molecule has 0 atom stereocenters. The third kappa shape index (κ3) is 4.94. The van der Waals surface area contributed by atoms with E-state index in [9.17, 15) is 14.4 Å². The van der Waals surface area contributed by atoms with Gasteiger partial charge in [-0.2, -0.15) is 0 Å². The molecule has 2 amide bonds. The van der Waals surface area contributed by atoms with Crippen molar-refractivity contribution in [2.24, 2.45) is 0 Å². The molecule has 1 rings (SSSR count). The Hall–Kier alpha value is -2.31. The van der Waals surface area contributed by atoms with Gasteiger partial charge in [0.15, 0.2) is 0 Å². The third-order valence-corrected chi connectivity index (χ3v) is 2.87. The number of aromatic nitrogens is 1. The van der Waals surface area contributed by atoms with Crippen LogP contribution in [0.15, 0.2) is 18.3 Å². The zero-order chi connectivity index (χ0) is 16.0. The van der Waals surface area contributed by atoms with Crippen LogP contribution in [-0.2, 0) is 16.1 Å². The van der Waals surface area contributed by atoms with Gasteiger partial charge in [-0.25, -0.2) is 4.79 Å². The first-order valence-corrected chi connectivity index (χ1v) is 6.80. The minimum absolute atomic E-state index is 0.00868. The Kier molecular flexibility index (Phi) is 5.95. The van der Waals surface area contributed by atoms with E-state index in [1.807, 2.05) is 13.8 Å². The summed E-state index contributed by atoms with van der Waals surface area (Å²) in [6.07, 6.45) is 1.53. The van der Waals surface area contributed by atoms with Gasteiger partial charge < -0.3 is 19.9 Å². The molecule has 21 heavy (non-hydrogen) atoms. The van der Waals surface area contributed by atoms with Crippen LogP contribution in [0.3, 0.4) is 0 Å². The standard InChI is InChI=1S/C14H21N3O4/c1-4-16(8-12(18)15-10(2)3)13(19)9-17-7-5-6-11(17)14(20)21/h5-7,10H,4,8-9H2,1-3H3,(H,15,18)(H,20,21). The van der Waals surface area contributed by atoms with Gasteiger partial charge >= 0.3 is 5.97 Å². The molecule has 1 heterocycles. The summed E-state index contributed by atoms with van der Waals surface area (Å²) in [7, 11) is 0. The Morgan fingerprint density at radius 2 is 2.05 bits per heavy atom. The van der Waals surface area contributed by atoms with Crippen LogP contribution < -0.4 is 5.32 Å². The maximum absolute atomic E-state index is 12.2. The lowest BCUT2D eigenvalue weighted by atomic mass is 10.3. The van der Waals surface area contributed by atoms with Gasteiger partial charge in [0.25, 0.3) is 0 Å². The maximum atomic E-state index is 12.2. The molecule has 0 aliphatic rings. The van der Waals surface area contributed by atoms with E-state index in [1.54, 1.807) is 13.0 Å². The number of amides is 2. The normalized spacial score (nSPS) is 10.5. The summed E-state index contributed by atoms with van der Waals surface area (Å²) in [5.74, 6) is -1.62. The predicted molar refractivity (Wildman–Crippen MR) is 76.9 cm³/mol. The van der Waals surface area contributed by atoms with Gasteiger partial charge in [-0.15, -0.1) is 0 Å². The first-order valence-electron chi connectivity index (χ1n) is 6.80. The van der Waals surface area contributed by atoms with E-state index in [1.165, 1.54) is 21.7 Å². The molecule has 2 N–H and O–H groups in total. The highest BCUT2D eigenvalue weighted by atomic mass is 16.4. The van der Waals surface area contributed by atoms with Gasteiger partial charge in [0, 0.05) is 18.8 Å². The highest BCUT2D eigenvalue weighted by Crippen LogP contribution is 2.04. The van der Waals surface area contributed by atoms with Crippen LogP contribution in [0.25, 0.3) is 0 Å². The second kappa shape index (κ2) is 7.47. The molecule has 0 fully saturated rings. The molecular weight excluding hydrogens is 274 g/mol. The Bertz CT molecular complexity index is 522. The van der Waals surface area contributed by atoms with E-state index in [-0.39, 0.29) is 36.6 Å². The highest BCUT2D eigenvalue weighted by molar-refractivity contribution is 5.88. The fourth-order valence-corrected chi connectivity index (χ4v) is 1.91. The summed E-state index contributed by atoms with van der Waals surface area (Å²) in [6.45, 7) is 5.71. The largest absolute Gasteiger partial charge is 0.477 e. The third-order valence-electron chi connectivity index (χ3n) is 2.87. The lowest BCUT2D eigenvalue weighted by molar-refractivity contribution is -0.136. The zero-order valence-corrected chi connectivity index (χ0v) is 12.5. The summed E-state index contributed by atoms with van der Waals surface area (Å²) in [5.41, 5.74) is 0.0473. The minimum atomic E-state index is -1.09. The fraction of sp³-hybridized carbons (Fsp3) is 0.500. The van der Waals surface area contributed by atoms with Crippen molar-refractivity contribution in [3.8, 4) is 0 Å². The monoisotopic (exact) mass is 295 g/mol. The quantitative estimate of drug-likeness (QED) is 0.769. The van der Waals surface area contributed by atoms with Crippen molar-refractivity contribution >= 4 is 17.8 Å². The Balaban J connectivity index is 2.69. The summed E-state index contributed by atoms with van der Waals surface area (Å²) in [5, 5.41) is 11.7. The molecule has 0 unspecified atom stereocenters. The second-order valence-corrected chi connectivity index (χ2v) is 4.96. The number of carbonyl (C=O) groups excluding carboxylic acids is 2. The van der Waals surface area contributed by atoms with Gasteiger partial charge in [0.2, 0.25) is 11.8 Å². The molecule has 0 spiro atoms. The topological polar surface area (TPSA) is 91.6 Å². The van der Waals surface area contributed by atoms with Crippen LogP contribution in [0.5, 0.6) is 0 Å². The minimum Gasteiger partial charge on any atom is -0.477 e. The molecule has 116 valence electrons. The van der Waals surface area contributed by atoms with Gasteiger partial charge in [-0.1, -0.05) is 0 Å². The molecule has 0 bridgehead atoms. The van der Waals surface area contributed by atoms with Crippen molar-refractivity contribution < 1.29 is 19.5 Å². The summed E-state index contributed by atoms with van der Waals surface area (Å²) in [4.78, 5) is 36.3. The average molecular weight is 295 g/mol. The molecule has 1 aromatic heterocycles. The van der Waals surface area contributed by atoms with E-state index in [4.69, 9.17) is 5.11 Å². The lowest BCUT2D eigenvalue weighted by Crippen LogP contribution is -2.43. The molecule has 7 heteroatoms. The van der Waals surface area contributed by atoms with E-state index in [2.05, 4.69) is 5.32 Å². The Morgan fingerprint density at radius 1 is 1.38 bits per heavy atom. The first kappa shape index (κ1) is 16.7. The number of hydrogen-bond acceptors (Lipinski definition) is 3. The van der Waals surface area contributed by atoms with Crippen LogP contribution in [0.4, 0.5) is 0 Å². The average Bonchev–Trinajstić information content (AvgIpc) is 2.83. The van der Waals surface area contributed by atoms with E-state index < -0.39 is 5.97 Å². The number of carboxylic acid groups (broad SMARTS) is 1. The van der Waals surface area contributed by atoms with Crippen molar-refractivity contribution in [2.45, 2.75) is 33.4 Å². The number of hydrogen-bond donors (Lipinski definition) is 2. The van der Waals surface area contributed by atoms with Crippen molar-refractivity contribution in [2.75, 3.05) is 13.1 Å². The molecule has 0 radical (unpaired) electrons. The van der Waals surface area contributed by atoms with E-state index >= 15 is 0 Å². The van der Waals surface area contributed by atoms with E-state index in [0.29, 0.717) is 6.54 Å². The number of carbonyl (C=O) groups is 3. The number of rotatable bonds is 7. The molecule has 1 aromatic rings. The Morgan fingerprint density at radius 3 is 2.57 bits per heavy atom. The maximum Gasteiger partial charge on any atom is 0.352 e. The molecule has 0 aliphatic carbocycles. The molecule has 0 saturated carbocycles. The number of aromatic carboxylic acids is 1. The number of nitrogens with zero attached hydrogens (tertiary/aromatic N) is 2. The summed E-state index contributed by atoms with van der Waals surface area (Å²) in [6, 6.07) is 3.00. The van der Waals surface area contributed by atoms with Crippen LogP contribution in [0.2, 0.25) is 0 Å². The first-order chi connectivity index (χ1) is 9.85. The molecule has 0 aliphatic heterocycles. The van der Waals surface area contributed by atoms with Crippen LogP contribution in [-0.4, -0.2) is 51.5 Å². The second-order valence-electron chi connectivity index (χ2n) is 4.96. The highest BCUT2D eigenvalue weighted by Gasteiger charge is 2.18. The van der Waals surface area contributed by atoms with Crippen molar-refractivity contribution in [3.63, 3.8) is 0 Å². The van der Waals surface area contributed by atoms with Crippen molar-refractivity contribution in [1.29, 1.82) is 0 Å². The van der Waals surface area contributed by atoms with Crippen molar-refractivity contribution in [1.82, 2.24) is 14.8 Å². The van der Waals surface area contributed by atoms with Gasteiger partial charge in [-0.05, 0) is 32.9 Å². The number of likely N-dealkylation sites (N-methyl/N-ethyl adjacent to an activating group) is 1. The summed E-state index contributed by atoms with van der Waals surface area (Å²) >= 11 is 0. The predicted octanol–water partition coefficient (Wildman–Crippen LogP) is 0.559. The van der Waals surface area contributed by atoms with Gasteiger partial charge in [0.05, 0.1) is 6.54 Å². The number of carboxylic acids is 1. The van der Waals surface area contributed by atoms with Crippen LogP contribution >= 0.6 is 0 Å². The molecule has 0 saturated heterocycles. The Labute approximate surface area is 123 Å². The SMILES string of the molecule is CCN(CC(=O)NC(C)C)C(=O)Cn1cccc1C(=O)O. The zero-order valence-electron chi connectivity index (χ0n) is 12.5. The molecule has 7 nitrogen and oxygen atoms in total. The van der Waals surface area contributed by atoms with Crippen molar-refractivity contribution in [3.05, 3.63) is 24.0 Å². The fourth-order valence-electron chi connectivity index (χ4n) is 1.91. The van der Waals surface area contributed by atoms with Gasteiger partial charge in [-0.3, -0.25) is 9.59 Å². The van der Waals surface area contributed by atoms with Crippen LogP contribution in [0.1, 0.15) is 31.3 Å². The van der Waals surface area contributed by atoms with E-state index in [0.717, 1.165) is 0 Å². The smallest absolute Gasteiger partial charge is 0.352 e. The summed E-state index contributed by atoms with van der Waals surface area (Å²) < 4.78 is 1.35. The van der Waals surface area contributed by atoms with Crippen LogP contribution in [0, 0.1) is 0 Å². The molecule has 0 aromatic carbocycles. The lowest BCUT2D eigenvalue weighted by Gasteiger charge is -2.21. The number of nitrogens with one attached hydrogen (secondary N) is 1.